The Kier molecular flexibility index (Phi) is 4.23. The van der Waals surface area contributed by atoms with Gasteiger partial charge in [-0.1, -0.05) is 18.2 Å². The van der Waals surface area contributed by atoms with Crippen LogP contribution in [0.4, 0.5) is 10.5 Å². The number of hydrogen-bond donors (Lipinski definition) is 1. The highest BCUT2D eigenvalue weighted by atomic mass is 32.2. The molecule has 1 aromatic heterocycles. The van der Waals surface area contributed by atoms with Crippen molar-refractivity contribution in [3.05, 3.63) is 30.0 Å². The van der Waals surface area contributed by atoms with Crippen molar-refractivity contribution in [2.75, 3.05) is 24.9 Å². The molecular formula is C14H17N3O4S. The van der Waals surface area contributed by atoms with Crippen LogP contribution in [-0.4, -0.2) is 40.4 Å². The first-order chi connectivity index (χ1) is 10.2. The van der Waals surface area contributed by atoms with Crippen molar-refractivity contribution in [2.45, 2.75) is 0 Å². The quantitative estimate of drug-likeness (QED) is 0.858. The number of para-hydroxylation sites is 1. The van der Waals surface area contributed by atoms with Gasteiger partial charge >= 0.3 is 12.0 Å². The molecule has 0 spiro atoms. The van der Waals surface area contributed by atoms with Gasteiger partial charge in [0, 0.05) is 24.9 Å². The van der Waals surface area contributed by atoms with Gasteiger partial charge in [0.2, 0.25) is 0 Å². The average molecular weight is 323 g/mol. The number of hydrogen-bond acceptors (Lipinski definition) is 4. The van der Waals surface area contributed by atoms with E-state index in [2.05, 4.69) is 9.68 Å². The summed E-state index contributed by atoms with van der Waals surface area (Å²) in [7, 11) is 0.375. The normalized spacial score (nSPS) is 11.3. The van der Waals surface area contributed by atoms with Gasteiger partial charge in [0.1, 0.15) is 0 Å². The predicted molar refractivity (Wildman–Crippen MR) is 85.7 cm³/mol. The van der Waals surface area contributed by atoms with E-state index in [4.69, 9.17) is 4.74 Å². The zero-order valence-electron chi connectivity index (χ0n) is 12.7. The van der Waals surface area contributed by atoms with Crippen LogP contribution in [0.2, 0.25) is 0 Å². The van der Waals surface area contributed by atoms with Crippen LogP contribution < -0.4 is 5.32 Å². The standard InChI is InChI=1S/C14H17N3O4S/c1-17-10-8-6-5-7-9(10)11(12(17)13(18)21-2)15-14(19)16-22(3,4)20/h5-8H,1-4H3,(H,15,19). The minimum atomic E-state index is -2.59. The Bertz CT molecular complexity index is 868. The predicted octanol–water partition coefficient (Wildman–Crippen LogP) is 2.22. The van der Waals surface area contributed by atoms with E-state index >= 15 is 0 Å². The molecule has 0 aliphatic rings. The third-order valence-corrected chi connectivity index (χ3v) is 3.63. The Morgan fingerprint density at radius 2 is 1.91 bits per heavy atom. The Labute approximate surface area is 128 Å². The second-order valence-corrected chi connectivity index (χ2v) is 7.54. The van der Waals surface area contributed by atoms with E-state index in [1.54, 1.807) is 23.7 Å². The number of fused-ring (bicyclic) bond motifs is 1. The van der Waals surface area contributed by atoms with Crippen LogP contribution in [0, 0.1) is 0 Å². The van der Waals surface area contributed by atoms with Crippen molar-refractivity contribution in [3.63, 3.8) is 0 Å². The molecule has 118 valence electrons. The summed E-state index contributed by atoms with van der Waals surface area (Å²) >= 11 is 0. The number of carbonyl (C=O) groups is 2. The lowest BCUT2D eigenvalue weighted by Gasteiger charge is -2.06. The van der Waals surface area contributed by atoms with Gasteiger partial charge in [-0.05, 0) is 6.07 Å². The molecule has 1 heterocycles. The lowest BCUT2D eigenvalue weighted by atomic mass is 10.2. The highest BCUT2D eigenvalue weighted by Crippen LogP contribution is 2.30. The largest absolute Gasteiger partial charge is 0.464 e. The number of benzene rings is 1. The van der Waals surface area contributed by atoms with Crippen LogP contribution in [0.15, 0.2) is 28.6 Å². The highest BCUT2D eigenvalue weighted by molar-refractivity contribution is 7.92. The van der Waals surface area contributed by atoms with Gasteiger partial charge in [0.05, 0.1) is 28.0 Å². The summed E-state index contributed by atoms with van der Waals surface area (Å²) in [5.41, 5.74) is 1.25. The Morgan fingerprint density at radius 3 is 2.50 bits per heavy atom. The van der Waals surface area contributed by atoms with E-state index in [0.29, 0.717) is 11.1 Å². The molecule has 0 radical (unpaired) electrons. The van der Waals surface area contributed by atoms with Crippen LogP contribution >= 0.6 is 0 Å². The number of aromatic nitrogens is 1. The zero-order chi connectivity index (χ0) is 16.5. The number of nitrogens with one attached hydrogen (secondary N) is 1. The van der Waals surface area contributed by atoms with Gasteiger partial charge in [0.15, 0.2) is 5.69 Å². The van der Waals surface area contributed by atoms with Crippen molar-refractivity contribution < 1.29 is 18.5 Å². The number of anilines is 1. The lowest BCUT2D eigenvalue weighted by Crippen LogP contribution is -2.14. The molecule has 0 bridgehead atoms. The second-order valence-electron chi connectivity index (χ2n) is 4.99. The van der Waals surface area contributed by atoms with E-state index in [9.17, 15) is 13.8 Å². The van der Waals surface area contributed by atoms with Crippen LogP contribution in [0.1, 0.15) is 10.5 Å². The molecule has 0 aliphatic carbocycles. The molecule has 0 aliphatic heterocycles. The maximum absolute atomic E-state index is 12.0. The molecule has 2 rings (SSSR count). The Hall–Kier alpha value is -2.35. The van der Waals surface area contributed by atoms with E-state index in [1.165, 1.54) is 19.6 Å². The van der Waals surface area contributed by atoms with Crippen LogP contribution in [-0.2, 0) is 21.5 Å². The lowest BCUT2D eigenvalue weighted by molar-refractivity contribution is 0.0591. The van der Waals surface area contributed by atoms with Gasteiger partial charge in [-0.2, -0.15) is 0 Å². The summed E-state index contributed by atoms with van der Waals surface area (Å²) in [6.07, 6.45) is 2.72. The molecule has 0 unspecified atom stereocenters. The van der Waals surface area contributed by atoms with Crippen molar-refractivity contribution in [1.29, 1.82) is 0 Å². The van der Waals surface area contributed by atoms with E-state index in [0.717, 1.165) is 5.52 Å². The minimum Gasteiger partial charge on any atom is -0.464 e. The molecule has 0 saturated carbocycles. The van der Waals surface area contributed by atoms with Gasteiger partial charge in [-0.25, -0.2) is 13.8 Å². The summed E-state index contributed by atoms with van der Waals surface area (Å²) in [6.45, 7) is 0. The third kappa shape index (κ3) is 3.11. The van der Waals surface area contributed by atoms with Crippen LogP contribution in [0.25, 0.3) is 10.9 Å². The van der Waals surface area contributed by atoms with Crippen molar-refractivity contribution in [3.8, 4) is 0 Å². The summed E-state index contributed by atoms with van der Waals surface area (Å²) in [5.74, 6) is -0.581. The number of esters is 1. The molecule has 0 atom stereocenters. The van der Waals surface area contributed by atoms with Crippen molar-refractivity contribution in [1.82, 2.24) is 4.57 Å². The average Bonchev–Trinajstić information content (AvgIpc) is 2.70. The number of methoxy groups -OCH3 is 1. The van der Waals surface area contributed by atoms with Crippen LogP contribution in [0.5, 0.6) is 0 Å². The maximum Gasteiger partial charge on any atom is 0.356 e. The van der Waals surface area contributed by atoms with Gasteiger partial charge in [0.25, 0.3) is 0 Å². The summed E-state index contributed by atoms with van der Waals surface area (Å²) in [5, 5.41) is 3.21. The van der Waals surface area contributed by atoms with Gasteiger partial charge in [-0.15, -0.1) is 4.36 Å². The number of ether oxygens (including phenoxy) is 1. The van der Waals surface area contributed by atoms with Crippen molar-refractivity contribution >= 4 is 38.3 Å². The number of urea groups is 1. The third-order valence-electron chi connectivity index (χ3n) is 3.02. The SMILES string of the molecule is COC(=O)c1c(NC(=O)N=S(C)(C)=O)c2ccccc2n1C. The molecule has 22 heavy (non-hydrogen) atoms. The molecule has 0 fully saturated rings. The Morgan fingerprint density at radius 1 is 1.27 bits per heavy atom. The number of rotatable bonds is 2. The fourth-order valence-corrected chi connectivity index (χ4v) is 2.63. The number of carbonyl (C=O) groups excluding carboxylic acids is 2. The number of aryl methyl sites for hydroxylation is 1. The number of amides is 2. The minimum absolute atomic E-state index is 0.200. The summed E-state index contributed by atoms with van der Waals surface area (Å²) < 4.78 is 21.6. The monoisotopic (exact) mass is 323 g/mol. The second kappa shape index (κ2) is 5.80. The molecule has 2 amide bonds. The molecule has 8 heteroatoms. The zero-order valence-corrected chi connectivity index (χ0v) is 13.6. The Balaban J connectivity index is 2.63. The molecular weight excluding hydrogens is 306 g/mol. The van der Waals surface area contributed by atoms with Crippen LogP contribution in [0.3, 0.4) is 0 Å². The summed E-state index contributed by atoms with van der Waals surface area (Å²) in [4.78, 5) is 23.9. The smallest absolute Gasteiger partial charge is 0.356 e. The maximum atomic E-state index is 12.0. The van der Waals surface area contributed by atoms with Gasteiger partial charge in [-0.3, -0.25) is 0 Å². The van der Waals surface area contributed by atoms with E-state index in [1.807, 2.05) is 12.1 Å². The van der Waals surface area contributed by atoms with Gasteiger partial charge < -0.3 is 14.6 Å². The fourth-order valence-electron chi connectivity index (χ4n) is 2.18. The fraction of sp³-hybridized carbons (Fsp3) is 0.286. The molecule has 0 saturated heterocycles. The van der Waals surface area contributed by atoms with Crippen molar-refractivity contribution in [2.24, 2.45) is 11.4 Å². The molecule has 7 nitrogen and oxygen atoms in total. The summed E-state index contributed by atoms with van der Waals surface area (Å²) in [6, 6.07) is 6.43. The van der Waals surface area contributed by atoms with E-state index in [-0.39, 0.29) is 5.69 Å². The highest BCUT2D eigenvalue weighted by Gasteiger charge is 2.23. The molecule has 1 aromatic carbocycles. The molecule has 1 N–H and O–H groups in total. The first-order valence-corrected chi connectivity index (χ1v) is 8.71. The van der Waals surface area contributed by atoms with E-state index < -0.39 is 21.7 Å². The number of nitrogens with zero attached hydrogens (tertiary/aromatic N) is 2. The first kappa shape index (κ1) is 16.0. The first-order valence-electron chi connectivity index (χ1n) is 6.38. The topological polar surface area (TPSA) is 89.8 Å². The molecule has 2 aromatic rings.